The average Bonchev–Trinajstić information content (AvgIpc) is 2.78. The van der Waals surface area contributed by atoms with Crippen molar-refractivity contribution < 1.29 is 14.7 Å². The zero-order valence-corrected chi connectivity index (χ0v) is 11.5. The Labute approximate surface area is 120 Å². The second kappa shape index (κ2) is 6.04. The lowest BCUT2D eigenvalue weighted by Crippen LogP contribution is -2.06. The molecule has 100 valence electrons. The van der Waals surface area contributed by atoms with Crippen molar-refractivity contribution in [1.82, 2.24) is 0 Å². The maximum atomic E-state index is 11.7. The van der Waals surface area contributed by atoms with Gasteiger partial charge in [-0.1, -0.05) is 24.1 Å². The molecule has 0 aliphatic heterocycles. The summed E-state index contributed by atoms with van der Waals surface area (Å²) in [6.45, 7) is 1.69. The van der Waals surface area contributed by atoms with E-state index in [1.54, 1.807) is 25.1 Å². The van der Waals surface area contributed by atoms with Gasteiger partial charge in [0.2, 0.25) is 0 Å². The van der Waals surface area contributed by atoms with E-state index in [4.69, 9.17) is 5.11 Å². The number of rotatable bonds is 2. The van der Waals surface area contributed by atoms with E-state index in [2.05, 4.69) is 17.2 Å². The van der Waals surface area contributed by atoms with Gasteiger partial charge < -0.3 is 10.4 Å². The molecule has 4 nitrogen and oxygen atoms in total. The van der Waals surface area contributed by atoms with Crippen molar-refractivity contribution in [2.75, 3.05) is 5.32 Å². The molecule has 0 bridgehead atoms. The summed E-state index contributed by atoms with van der Waals surface area (Å²) in [6.07, 6.45) is 0. The highest BCUT2D eigenvalue weighted by atomic mass is 32.1. The third-order valence-electron chi connectivity index (χ3n) is 2.44. The van der Waals surface area contributed by atoms with E-state index in [-0.39, 0.29) is 4.88 Å². The third kappa shape index (κ3) is 3.46. The average molecular weight is 285 g/mol. The number of anilines is 1. The molecule has 0 fully saturated rings. The van der Waals surface area contributed by atoms with Crippen LogP contribution in [0.25, 0.3) is 0 Å². The summed E-state index contributed by atoms with van der Waals surface area (Å²) in [4.78, 5) is 22.8. The predicted molar refractivity (Wildman–Crippen MR) is 78.0 cm³/mol. The van der Waals surface area contributed by atoms with Gasteiger partial charge in [0.05, 0.1) is 5.00 Å². The van der Waals surface area contributed by atoms with E-state index in [9.17, 15) is 9.59 Å². The zero-order valence-electron chi connectivity index (χ0n) is 10.6. The number of carbonyl (C=O) groups excluding carboxylic acids is 1. The van der Waals surface area contributed by atoms with Gasteiger partial charge in [-0.05, 0) is 30.7 Å². The molecule has 0 radical (unpaired) electrons. The van der Waals surface area contributed by atoms with Gasteiger partial charge in [-0.15, -0.1) is 11.3 Å². The number of hydrogen-bond acceptors (Lipinski definition) is 3. The van der Waals surface area contributed by atoms with Gasteiger partial charge in [0, 0.05) is 11.5 Å². The fourth-order valence-corrected chi connectivity index (χ4v) is 2.46. The van der Waals surface area contributed by atoms with Gasteiger partial charge in [0.25, 0.3) is 0 Å². The van der Waals surface area contributed by atoms with Crippen molar-refractivity contribution in [3.05, 3.63) is 52.4 Å². The highest BCUT2D eigenvalue weighted by molar-refractivity contribution is 7.18. The van der Waals surface area contributed by atoms with Crippen LogP contribution in [0, 0.1) is 18.8 Å². The van der Waals surface area contributed by atoms with Crippen LogP contribution in [0.2, 0.25) is 0 Å². The highest BCUT2D eigenvalue weighted by Crippen LogP contribution is 2.26. The summed E-state index contributed by atoms with van der Waals surface area (Å²) in [5.74, 6) is 3.74. The van der Waals surface area contributed by atoms with Crippen LogP contribution in [-0.4, -0.2) is 17.0 Å². The summed E-state index contributed by atoms with van der Waals surface area (Å²) >= 11 is 1.02. The number of aromatic carboxylic acids is 1. The number of benzene rings is 1. The maximum absolute atomic E-state index is 11.7. The molecule has 0 aliphatic carbocycles. The van der Waals surface area contributed by atoms with Crippen LogP contribution in [0.5, 0.6) is 0 Å². The molecule has 1 aromatic carbocycles. The lowest BCUT2D eigenvalue weighted by molar-refractivity contribution is -0.111. The first-order chi connectivity index (χ1) is 9.56. The summed E-state index contributed by atoms with van der Waals surface area (Å²) in [7, 11) is 0. The van der Waals surface area contributed by atoms with E-state index < -0.39 is 11.9 Å². The van der Waals surface area contributed by atoms with Gasteiger partial charge in [-0.3, -0.25) is 4.79 Å². The van der Waals surface area contributed by atoms with Crippen molar-refractivity contribution in [3.8, 4) is 11.8 Å². The van der Waals surface area contributed by atoms with Crippen molar-refractivity contribution in [2.45, 2.75) is 6.92 Å². The standard InChI is InChI=1S/C15H11NO3S/c1-10-9-13(20-14(10)15(18)19)16-12(17)8-7-11-5-3-2-4-6-11/h2-6,9H,1H3,(H,16,17)(H,18,19). The third-order valence-corrected chi connectivity index (χ3v) is 3.58. The monoisotopic (exact) mass is 285 g/mol. The van der Waals surface area contributed by atoms with Gasteiger partial charge in [-0.2, -0.15) is 0 Å². The summed E-state index contributed by atoms with van der Waals surface area (Å²) in [5, 5.41) is 12.0. The van der Waals surface area contributed by atoms with Gasteiger partial charge >= 0.3 is 11.9 Å². The topological polar surface area (TPSA) is 66.4 Å². The van der Waals surface area contributed by atoms with Gasteiger partial charge in [-0.25, -0.2) is 4.79 Å². The predicted octanol–water partition coefficient (Wildman–Crippen LogP) is 2.74. The molecule has 1 amide bonds. The smallest absolute Gasteiger partial charge is 0.346 e. The Morgan fingerprint density at radius 3 is 2.55 bits per heavy atom. The van der Waals surface area contributed by atoms with Crippen molar-refractivity contribution in [2.24, 2.45) is 0 Å². The summed E-state index contributed by atoms with van der Waals surface area (Å²) in [6, 6.07) is 10.8. The number of carboxylic acids is 1. The molecule has 0 aliphatic rings. The molecule has 0 saturated carbocycles. The van der Waals surface area contributed by atoms with Gasteiger partial charge in [0.15, 0.2) is 0 Å². The Morgan fingerprint density at radius 2 is 1.95 bits per heavy atom. The Bertz CT molecular complexity index is 708. The Balaban J connectivity index is 2.08. The molecular weight excluding hydrogens is 274 g/mol. The van der Waals surface area contributed by atoms with Crippen LogP contribution in [0.15, 0.2) is 36.4 Å². The number of amides is 1. The second-order valence-electron chi connectivity index (χ2n) is 4.00. The van der Waals surface area contributed by atoms with E-state index in [1.165, 1.54) is 0 Å². The molecule has 1 heterocycles. The molecule has 20 heavy (non-hydrogen) atoms. The first kappa shape index (κ1) is 13.8. The molecule has 0 spiro atoms. The zero-order chi connectivity index (χ0) is 14.5. The van der Waals surface area contributed by atoms with Crippen LogP contribution in [0.4, 0.5) is 5.00 Å². The van der Waals surface area contributed by atoms with Crippen molar-refractivity contribution in [3.63, 3.8) is 0 Å². The largest absolute Gasteiger partial charge is 0.477 e. The lowest BCUT2D eigenvalue weighted by atomic mass is 10.2. The minimum atomic E-state index is -0.997. The first-order valence-electron chi connectivity index (χ1n) is 5.78. The lowest BCUT2D eigenvalue weighted by Gasteiger charge is -1.94. The molecule has 0 unspecified atom stereocenters. The molecule has 0 atom stereocenters. The quantitative estimate of drug-likeness (QED) is 0.834. The Morgan fingerprint density at radius 1 is 1.25 bits per heavy atom. The molecule has 5 heteroatoms. The number of nitrogens with one attached hydrogen (secondary N) is 1. The van der Waals surface area contributed by atoms with Crippen LogP contribution >= 0.6 is 11.3 Å². The molecular formula is C15H11NO3S. The number of carbonyl (C=O) groups is 2. The van der Waals surface area contributed by atoms with Crippen LogP contribution < -0.4 is 5.32 Å². The number of hydrogen-bond donors (Lipinski definition) is 2. The first-order valence-corrected chi connectivity index (χ1v) is 6.59. The van der Waals surface area contributed by atoms with Crippen LogP contribution in [0.1, 0.15) is 20.8 Å². The van der Waals surface area contributed by atoms with E-state index in [0.29, 0.717) is 10.6 Å². The van der Waals surface area contributed by atoms with E-state index >= 15 is 0 Å². The Kier molecular flexibility index (Phi) is 4.18. The summed E-state index contributed by atoms with van der Waals surface area (Å²) in [5.41, 5.74) is 1.37. The Hall–Kier alpha value is -2.58. The fourth-order valence-electron chi connectivity index (χ4n) is 1.55. The van der Waals surface area contributed by atoms with Crippen molar-refractivity contribution in [1.29, 1.82) is 0 Å². The molecule has 1 aromatic heterocycles. The highest BCUT2D eigenvalue weighted by Gasteiger charge is 2.12. The number of thiophene rings is 1. The van der Waals surface area contributed by atoms with Gasteiger partial charge in [0.1, 0.15) is 4.88 Å². The van der Waals surface area contributed by atoms with Crippen LogP contribution in [0.3, 0.4) is 0 Å². The molecule has 2 N–H and O–H groups in total. The van der Waals surface area contributed by atoms with Crippen LogP contribution in [-0.2, 0) is 4.79 Å². The number of carboxylic acid groups (broad SMARTS) is 1. The molecule has 0 saturated heterocycles. The second-order valence-corrected chi connectivity index (χ2v) is 5.05. The molecule has 2 rings (SSSR count). The normalized spacial score (nSPS) is 9.45. The number of aryl methyl sites for hydroxylation is 1. The minimum absolute atomic E-state index is 0.219. The van der Waals surface area contributed by atoms with E-state index in [1.807, 2.05) is 18.2 Å². The minimum Gasteiger partial charge on any atom is -0.477 e. The SMILES string of the molecule is Cc1cc(NC(=O)C#Cc2ccccc2)sc1C(=O)O. The summed E-state index contributed by atoms with van der Waals surface area (Å²) < 4.78 is 0. The van der Waals surface area contributed by atoms with E-state index in [0.717, 1.165) is 16.9 Å². The van der Waals surface area contributed by atoms with Crippen molar-refractivity contribution >= 4 is 28.2 Å². The maximum Gasteiger partial charge on any atom is 0.346 e. The fraction of sp³-hybridized carbons (Fsp3) is 0.0667. The molecule has 2 aromatic rings.